The van der Waals surface area contributed by atoms with Crippen LogP contribution >= 0.6 is 0 Å². The molecule has 0 heterocycles. The number of carbonyl (C=O) groups is 1. The lowest BCUT2D eigenvalue weighted by Gasteiger charge is -2.36. The Labute approximate surface area is 97.4 Å². The third-order valence-corrected chi connectivity index (χ3v) is 2.73. The van der Waals surface area contributed by atoms with E-state index in [2.05, 4.69) is 5.32 Å². The topological polar surface area (TPSA) is 58.6 Å². The maximum atomic E-state index is 11.4. The van der Waals surface area contributed by atoms with Crippen molar-refractivity contribution in [3.05, 3.63) is 0 Å². The van der Waals surface area contributed by atoms with E-state index in [1.54, 1.807) is 0 Å². The number of amides is 1. The average Bonchev–Trinajstić information content (AvgIpc) is 2.05. The molecule has 0 atom stereocenters. The Morgan fingerprint density at radius 3 is 2.56 bits per heavy atom. The molecular weight excluding hydrogens is 206 g/mol. The molecule has 4 nitrogen and oxygen atoms in total. The summed E-state index contributed by atoms with van der Waals surface area (Å²) in [6.07, 6.45) is 3.63. The predicted molar refractivity (Wildman–Crippen MR) is 62.2 cm³/mol. The van der Waals surface area contributed by atoms with Crippen LogP contribution in [0, 0.1) is 5.92 Å². The van der Waals surface area contributed by atoms with E-state index < -0.39 is 5.60 Å². The van der Waals surface area contributed by atoms with Crippen LogP contribution < -0.4 is 5.32 Å². The number of aliphatic hydroxyl groups excluding tert-OH is 1. The molecule has 0 saturated heterocycles. The zero-order valence-electron chi connectivity index (χ0n) is 10.5. The Morgan fingerprint density at radius 1 is 1.44 bits per heavy atom. The molecule has 0 aromatic rings. The maximum Gasteiger partial charge on any atom is 0.407 e. The molecule has 0 aromatic carbocycles. The molecule has 0 spiro atoms. The highest BCUT2D eigenvalue weighted by Crippen LogP contribution is 2.31. The Balaban J connectivity index is 2.10. The highest BCUT2D eigenvalue weighted by atomic mass is 16.6. The maximum absolute atomic E-state index is 11.4. The second kappa shape index (κ2) is 5.53. The highest BCUT2D eigenvalue weighted by molar-refractivity contribution is 5.68. The summed E-state index contributed by atoms with van der Waals surface area (Å²) in [6, 6.07) is 0.263. The van der Waals surface area contributed by atoms with Crippen LogP contribution in [0.3, 0.4) is 0 Å². The summed E-state index contributed by atoms with van der Waals surface area (Å²) in [5.74, 6) is 0.659. The fourth-order valence-electron chi connectivity index (χ4n) is 1.94. The summed E-state index contributed by atoms with van der Waals surface area (Å²) in [5, 5.41) is 11.5. The lowest BCUT2D eigenvalue weighted by atomic mass is 9.78. The predicted octanol–water partition coefficient (Wildman–Crippen LogP) is 2.06. The quantitative estimate of drug-likeness (QED) is 0.775. The molecule has 4 heteroatoms. The van der Waals surface area contributed by atoms with Crippen LogP contribution in [0.2, 0.25) is 0 Å². The highest BCUT2D eigenvalue weighted by Gasteiger charge is 2.30. The van der Waals surface area contributed by atoms with Crippen molar-refractivity contribution in [2.45, 2.75) is 58.1 Å². The van der Waals surface area contributed by atoms with Crippen molar-refractivity contribution in [2.75, 3.05) is 6.61 Å². The standard InChI is InChI=1S/C12H23NO3/c1-12(2,3)16-11(15)13-10-7-9(8-10)5-4-6-14/h9-10,14H,4-8H2,1-3H3,(H,13,15). The van der Waals surface area contributed by atoms with Gasteiger partial charge in [-0.25, -0.2) is 4.79 Å². The average molecular weight is 229 g/mol. The SMILES string of the molecule is CC(C)(C)OC(=O)NC1CC(CCCO)C1. The van der Waals surface area contributed by atoms with E-state index >= 15 is 0 Å². The first-order chi connectivity index (χ1) is 7.40. The van der Waals surface area contributed by atoms with Crippen LogP contribution in [-0.2, 0) is 4.74 Å². The van der Waals surface area contributed by atoms with Crippen molar-refractivity contribution in [1.29, 1.82) is 0 Å². The lowest BCUT2D eigenvalue weighted by molar-refractivity contribution is 0.0446. The molecule has 0 unspecified atom stereocenters. The van der Waals surface area contributed by atoms with Gasteiger partial charge in [0.1, 0.15) is 5.60 Å². The number of hydrogen-bond donors (Lipinski definition) is 2. The van der Waals surface area contributed by atoms with Crippen molar-refractivity contribution >= 4 is 6.09 Å². The van der Waals surface area contributed by atoms with Gasteiger partial charge in [0.15, 0.2) is 0 Å². The largest absolute Gasteiger partial charge is 0.444 e. The number of ether oxygens (including phenoxy) is 1. The summed E-state index contributed by atoms with van der Waals surface area (Å²) in [4.78, 5) is 11.4. The number of rotatable bonds is 4. The molecule has 1 amide bonds. The number of alkyl carbamates (subject to hydrolysis) is 1. The Hall–Kier alpha value is -0.770. The summed E-state index contributed by atoms with van der Waals surface area (Å²) < 4.78 is 5.17. The van der Waals surface area contributed by atoms with Gasteiger partial charge < -0.3 is 15.2 Å². The normalized spacial score (nSPS) is 24.8. The van der Waals surface area contributed by atoms with Crippen LogP contribution in [0.25, 0.3) is 0 Å². The van der Waals surface area contributed by atoms with E-state index in [0.29, 0.717) is 5.92 Å². The summed E-state index contributed by atoms with van der Waals surface area (Å²) >= 11 is 0. The van der Waals surface area contributed by atoms with Gasteiger partial charge in [-0.1, -0.05) is 0 Å². The monoisotopic (exact) mass is 229 g/mol. The molecule has 2 N–H and O–H groups in total. The van der Waals surface area contributed by atoms with Gasteiger partial charge in [-0.2, -0.15) is 0 Å². The minimum Gasteiger partial charge on any atom is -0.444 e. The van der Waals surface area contributed by atoms with Crippen molar-refractivity contribution in [3.8, 4) is 0 Å². The third-order valence-electron chi connectivity index (χ3n) is 2.73. The van der Waals surface area contributed by atoms with E-state index in [0.717, 1.165) is 25.7 Å². The first-order valence-electron chi connectivity index (χ1n) is 6.01. The summed E-state index contributed by atoms with van der Waals surface area (Å²) in [5.41, 5.74) is -0.426. The van der Waals surface area contributed by atoms with Gasteiger partial charge in [0.2, 0.25) is 0 Å². The van der Waals surface area contributed by atoms with Gasteiger partial charge in [0.05, 0.1) is 0 Å². The zero-order chi connectivity index (χ0) is 12.2. The van der Waals surface area contributed by atoms with E-state index in [1.807, 2.05) is 20.8 Å². The van der Waals surface area contributed by atoms with E-state index in [9.17, 15) is 4.79 Å². The second-order valence-corrected chi connectivity index (χ2v) is 5.55. The van der Waals surface area contributed by atoms with Crippen molar-refractivity contribution < 1.29 is 14.6 Å². The van der Waals surface area contributed by atoms with Crippen LogP contribution in [0.5, 0.6) is 0 Å². The molecule has 0 aliphatic heterocycles. The van der Waals surface area contributed by atoms with Crippen LogP contribution in [0.4, 0.5) is 4.79 Å². The number of hydrogen-bond acceptors (Lipinski definition) is 3. The molecule has 94 valence electrons. The molecule has 1 rings (SSSR count). The smallest absolute Gasteiger partial charge is 0.407 e. The minimum absolute atomic E-state index is 0.263. The van der Waals surface area contributed by atoms with Crippen LogP contribution in [0.15, 0.2) is 0 Å². The summed E-state index contributed by atoms with van der Waals surface area (Å²) in [7, 11) is 0. The van der Waals surface area contributed by atoms with E-state index in [-0.39, 0.29) is 18.7 Å². The molecule has 1 aliphatic rings. The van der Waals surface area contributed by atoms with Gasteiger partial charge in [-0.05, 0) is 52.4 Å². The lowest BCUT2D eigenvalue weighted by Crippen LogP contribution is -2.46. The van der Waals surface area contributed by atoms with Crippen molar-refractivity contribution in [1.82, 2.24) is 5.32 Å². The van der Waals surface area contributed by atoms with Gasteiger partial charge >= 0.3 is 6.09 Å². The first kappa shape index (κ1) is 13.3. The number of carbonyl (C=O) groups excluding carboxylic acids is 1. The molecule has 0 bridgehead atoms. The molecule has 0 aromatic heterocycles. The molecule has 1 fully saturated rings. The minimum atomic E-state index is -0.426. The van der Waals surface area contributed by atoms with Gasteiger partial charge in [-0.15, -0.1) is 0 Å². The molecule has 0 radical (unpaired) electrons. The fourth-order valence-corrected chi connectivity index (χ4v) is 1.94. The van der Waals surface area contributed by atoms with E-state index in [1.165, 1.54) is 0 Å². The second-order valence-electron chi connectivity index (χ2n) is 5.55. The zero-order valence-corrected chi connectivity index (χ0v) is 10.5. The number of nitrogens with one attached hydrogen (secondary N) is 1. The van der Waals surface area contributed by atoms with E-state index in [4.69, 9.17) is 9.84 Å². The molecule has 1 aliphatic carbocycles. The van der Waals surface area contributed by atoms with Gasteiger partial charge in [0.25, 0.3) is 0 Å². The number of aliphatic hydroxyl groups is 1. The fraction of sp³-hybridized carbons (Fsp3) is 0.917. The van der Waals surface area contributed by atoms with Crippen molar-refractivity contribution in [2.24, 2.45) is 5.92 Å². The molecule has 1 saturated carbocycles. The summed E-state index contributed by atoms with van der Waals surface area (Å²) in [6.45, 7) is 5.84. The van der Waals surface area contributed by atoms with Gasteiger partial charge in [0, 0.05) is 12.6 Å². The van der Waals surface area contributed by atoms with Crippen molar-refractivity contribution in [3.63, 3.8) is 0 Å². The van der Waals surface area contributed by atoms with Crippen LogP contribution in [0.1, 0.15) is 46.5 Å². The Kier molecular flexibility index (Phi) is 4.59. The van der Waals surface area contributed by atoms with Gasteiger partial charge in [-0.3, -0.25) is 0 Å². The Bertz CT molecular complexity index is 229. The molecular formula is C12H23NO3. The molecule has 16 heavy (non-hydrogen) atoms. The Morgan fingerprint density at radius 2 is 2.06 bits per heavy atom. The third kappa shape index (κ3) is 4.84. The first-order valence-corrected chi connectivity index (χ1v) is 6.01. The van der Waals surface area contributed by atoms with Crippen LogP contribution in [-0.4, -0.2) is 29.4 Å².